The second kappa shape index (κ2) is 9.18. The minimum absolute atomic E-state index is 0.103. The number of benzene rings is 3. The number of sulfonamides is 1. The van der Waals surface area contributed by atoms with Gasteiger partial charge in [-0.3, -0.25) is 9.52 Å². The van der Waals surface area contributed by atoms with Gasteiger partial charge in [-0.05, 0) is 49.4 Å². The Morgan fingerprint density at radius 2 is 1.74 bits per heavy atom. The number of nitrogens with zero attached hydrogens (tertiary/aromatic N) is 1. The normalized spacial score (nSPS) is 11.1. The molecule has 3 aromatic rings. The molecular formula is C23H23FN2O4S. The molecule has 162 valence electrons. The average Bonchev–Trinajstić information content (AvgIpc) is 2.74. The fraction of sp³-hybridized carbons (Fsp3) is 0.174. The van der Waals surface area contributed by atoms with Gasteiger partial charge in [0.1, 0.15) is 11.6 Å². The highest BCUT2D eigenvalue weighted by Gasteiger charge is 2.21. The van der Waals surface area contributed by atoms with Crippen LogP contribution in [0.5, 0.6) is 5.75 Å². The van der Waals surface area contributed by atoms with Crippen LogP contribution < -0.4 is 9.46 Å². The molecule has 0 radical (unpaired) electrons. The van der Waals surface area contributed by atoms with E-state index in [0.29, 0.717) is 5.75 Å². The zero-order valence-electron chi connectivity index (χ0n) is 17.4. The number of anilines is 1. The third-order valence-electron chi connectivity index (χ3n) is 4.72. The van der Waals surface area contributed by atoms with Gasteiger partial charge in [0, 0.05) is 19.2 Å². The quantitative estimate of drug-likeness (QED) is 0.595. The standard InChI is InChI=1S/C23H23FN2O4S/c1-16-8-13-22(30-3)17(14-16)15-26(2)23(27)20-6-4-5-7-21(20)25-31(28,29)19-11-9-18(24)10-12-19/h4-14,25H,15H2,1-3H3. The number of amides is 1. The van der Waals surface area contributed by atoms with Gasteiger partial charge in [0.2, 0.25) is 0 Å². The lowest BCUT2D eigenvalue weighted by molar-refractivity contribution is 0.0785. The van der Waals surface area contributed by atoms with Crippen LogP contribution in [0, 0.1) is 12.7 Å². The number of hydrogen-bond donors (Lipinski definition) is 1. The molecule has 0 aliphatic heterocycles. The minimum atomic E-state index is -3.99. The van der Waals surface area contributed by atoms with Gasteiger partial charge in [0.15, 0.2) is 0 Å². The van der Waals surface area contributed by atoms with Crippen LogP contribution in [-0.4, -0.2) is 33.4 Å². The fourth-order valence-electron chi connectivity index (χ4n) is 3.14. The molecule has 3 aromatic carbocycles. The molecule has 1 amide bonds. The number of nitrogens with one attached hydrogen (secondary N) is 1. The lowest BCUT2D eigenvalue weighted by Crippen LogP contribution is -2.28. The monoisotopic (exact) mass is 442 g/mol. The zero-order valence-corrected chi connectivity index (χ0v) is 18.2. The number of rotatable bonds is 7. The number of methoxy groups -OCH3 is 1. The summed E-state index contributed by atoms with van der Waals surface area (Å²) < 4.78 is 46.3. The van der Waals surface area contributed by atoms with Crippen molar-refractivity contribution in [3.63, 3.8) is 0 Å². The van der Waals surface area contributed by atoms with Gasteiger partial charge in [0.05, 0.1) is 23.3 Å². The van der Waals surface area contributed by atoms with Crippen molar-refractivity contribution in [1.82, 2.24) is 4.90 Å². The number of halogens is 1. The van der Waals surface area contributed by atoms with Crippen molar-refractivity contribution in [2.45, 2.75) is 18.4 Å². The summed E-state index contributed by atoms with van der Waals surface area (Å²) in [4.78, 5) is 14.5. The lowest BCUT2D eigenvalue weighted by Gasteiger charge is -2.21. The van der Waals surface area contributed by atoms with Crippen molar-refractivity contribution in [1.29, 1.82) is 0 Å². The largest absolute Gasteiger partial charge is 0.496 e. The van der Waals surface area contributed by atoms with Gasteiger partial charge in [-0.15, -0.1) is 0 Å². The average molecular weight is 443 g/mol. The third-order valence-corrected chi connectivity index (χ3v) is 6.10. The molecule has 0 unspecified atom stereocenters. The van der Waals surface area contributed by atoms with E-state index < -0.39 is 15.8 Å². The summed E-state index contributed by atoms with van der Waals surface area (Å²) in [5.74, 6) is -0.237. The number of carbonyl (C=O) groups is 1. The Morgan fingerprint density at radius 1 is 1.06 bits per heavy atom. The van der Waals surface area contributed by atoms with Crippen LogP contribution in [0.25, 0.3) is 0 Å². The van der Waals surface area contributed by atoms with Gasteiger partial charge in [-0.2, -0.15) is 0 Å². The molecule has 31 heavy (non-hydrogen) atoms. The van der Waals surface area contributed by atoms with Gasteiger partial charge < -0.3 is 9.64 Å². The molecule has 1 N–H and O–H groups in total. The predicted molar refractivity (Wildman–Crippen MR) is 117 cm³/mol. The maximum atomic E-state index is 13.1. The van der Waals surface area contributed by atoms with Crippen LogP contribution in [0.2, 0.25) is 0 Å². The van der Waals surface area contributed by atoms with Crippen LogP contribution in [0.1, 0.15) is 21.5 Å². The Labute approximate surface area is 181 Å². The molecule has 0 saturated heterocycles. The Balaban J connectivity index is 1.86. The predicted octanol–water partition coefficient (Wildman–Crippen LogP) is 4.22. The highest BCUT2D eigenvalue weighted by molar-refractivity contribution is 7.92. The summed E-state index contributed by atoms with van der Waals surface area (Å²) in [5, 5.41) is 0. The Kier molecular flexibility index (Phi) is 6.60. The molecule has 0 saturated carbocycles. The maximum absolute atomic E-state index is 13.1. The van der Waals surface area contributed by atoms with Crippen molar-refractivity contribution >= 4 is 21.6 Å². The summed E-state index contributed by atoms with van der Waals surface area (Å²) in [6, 6.07) is 16.5. The Bertz CT molecular complexity index is 1190. The molecule has 0 spiro atoms. The van der Waals surface area contributed by atoms with Crippen molar-refractivity contribution in [2.75, 3.05) is 18.9 Å². The van der Waals surface area contributed by atoms with Crippen LogP contribution >= 0.6 is 0 Å². The zero-order chi connectivity index (χ0) is 22.6. The first-order chi connectivity index (χ1) is 14.7. The summed E-state index contributed by atoms with van der Waals surface area (Å²) >= 11 is 0. The number of hydrogen-bond acceptors (Lipinski definition) is 4. The smallest absolute Gasteiger partial charge is 0.261 e. The number of aryl methyl sites for hydroxylation is 1. The first kappa shape index (κ1) is 22.3. The van der Waals surface area contributed by atoms with Gasteiger partial charge in [0.25, 0.3) is 15.9 Å². The van der Waals surface area contributed by atoms with Gasteiger partial charge in [-0.1, -0.05) is 29.8 Å². The second-order valence-electron chi connectivity index (χ2n) is 7.08. The summed E-state index contributed by atoms with van der Waals surface area (Å²) in [6.07, 6.45) is 0. The van der Waals surface area contributed by atoms with Gasteiger partial charge >= 0.3 is 0 Å². The highest BCUT2D eigenvalue weighted by Crippen LogP contribution is 2.25. The summed E-state index contributed by atoms with van der Waals surface area (Å²) in [7, 11) is -0.795. The molecule has 0 aromatic heterocycles. The van der Waals surface area contributed by atoms with E-state index in [2.05, 4.69) is 4.72 Å². The van der Waals surface area contributed by atoms with E-state index in [1.54, 1.807) is 32.4 Å². The Morgan fingerprint density at radius 3 is 2.42 bits per heavy atom. The number of ether oxygens (including phenoxy) is 1. The van der Waals surface area contributed by atoms with E-state index in [-0.39, 0.29) is 28.6 Å². The molecule has 0 fully saturated rings. The molecule has 0 aliphatic rings. The molecular weight excluding hydrogens is 419 g/mol. The van der Waals surface area contributed by atoms with Crippen LogP contribution in [0.4, 0.5) is 10.1 Å². The van der Waals surface area contributed by atoms with E-state index in [1.165, 1.54) is 11.0 Å². The fourth-order valence-corrected chi connectivity index (χ4v) is 4.22. The molecule has 0 heterocycles. The van der Waals surface area contributed by atoms with Crippen molar-refractivity contribution in [3.8, 4) is 5.75 Å². The molecule has 3 rings (SSSR count). The summed E-state index contributed by atoms with van der Waals surface area (Å²) in [6.45, 7) is 2.23. The van der Waals surface area contributed by atoms with E-state index in [1.807, 2.05) is 25.1 Å². The molecule has 0 bridgehead atoms. The first-order valence-electron chi connectivity index (χ1n) is 9.47. The first-order valence-corrected chi connectivity index (χ1v) is 11.0. The van der Waals surface area contributed by atoms with Crippen molar-refractivity contribution in [2.24, 2.45) is 0 Å². The van der Waals surface area contributed by atoms with Crippen molar-refractivity contribution < 1.29 is 22.3 Å². The maximum Gasteiger partial charge on any atom is 0.261 e. The third kappa shape index (κ3) is 5.21. The number of carbonyl (C=O) groups excluding carboxylic acids is 1. The Hall–Kier alpha value is -3.39. The van der Waals surface area contributed by atoms with Crippen LogP contribution in [0.15, 0.2) is 71.6 Å². The van der Waals surface area contributed by atoms with E-state index in [9.17, 15) is 17.6 Å². The second-order valence-corrected chi connectivity index (χ2v) is 8.76. The number of para-hydroxylation sites is 1. The molecule has 6 nitrogen and oxygen atoms in total. The van der Waals surface area contributed by atoms with Crippen LogP contribution in [-0.2, 0) is 16.6 Å². The van der Waals surface area contributed by atoms with Crippen molar-refractivity contribution in [3.05, 3.63) is 89.2 Å². The van der Waals surface area contributed by atoms with E-state index in [0.717, 1.165) is 35.4 Å². The molecule has 8 heteroatoms. The van der Waals surface area contributed by atoms with Gasteiger partial charge in [-0.25, -0.2) is 12.8 Å². The van der Waals surface area contributed by atoms with E-state index in [4.69, 9.17) is 4.74 Å². The SMILES string of the molecule is COc1ccc(C)cc1CN(C)C(=O)c1ccccc1NS(=O)(=O)c1ccc(F)cc1. The van der Waals surface area contributed by atoms with Crippen LogP contribution in [0.3, 0.4) is 0 Å². The molecule has 0 atom stereocenters. The summed E-state index contributed by atoms with van der Waals surface area (Å²) in [5.41, 5.74) is 2.20. The topological polar surface area (TPSA) is 75.7 Å². The lowest BCUT2D eigenvalue weighted by atomic mass is 10.1. The molecule has 0 aliphatic carbocycles. The highest BCUT2D eigenvalue weighted by atomic mass is 32.2. The van der Waals surface area contributed by atoms with E-state index >= 15 is 0 Å². The minimum Gasteiger partial charge on any atom is -0.496 e.